The highest BCUT2D eigenvalue weighted by Crippen LogP contribution is 2.32. The normalized spacial score (nSPS) is 18.6. The van der Waals surface area contributed by atoms with Crippen LogP contribution in [0.2, 0.25) is 0 Å². The number of alkyl halides is 3. The summed E-state index contributed by atoms with van der Waals surface area (Å²) in [5, 5.41) is 2.76. The Kier molecular flexibility index (Phi) is 7.15. The van der Waals surface area contributed by atoms with E-state index in [0.717, 1.165) is 5.56 Å². The van der Waals surface area contributed by atoms with Crippen LogP contribution < -0.4 is 16.0 Å². The molecule has 2 aromatic rings. The van der Waals surface area contributed by atoms with Gasteiger partial charge in [0, 0.05) is 43.9 Å². The molecule has 3 N–H and O–H groups in total. The standard InChI is InChI=1S/C24H28F3N5O3/c1-15-2-3-17(29-23(34)32-7-6-16(14-32)13-24(25,26)27)12-19(15)18-4-5-20(30-21(18)22(28)33)31-8-10-35-11-9-31/h2-5,12,16H,6-11,13-14H2,1H3,(H2,28,33)(H,29,34)/t16-/m0/s1. The van der Waals surface area contributed by atoms with Crippen LogP contribution in [-0.2, 0) is 4.74 Å². The maximum Gasteiger partial charge on any atom is 0.389 e. The molecular formula is C24H28F3N5O3. The van der Waals surface area contributed by atoms with Crippen LogP contribution in [0.5, 0.6) is 0 Å². The zero-order valence-corrected chi connectivity index (χ0v) is 19.4. The molecule has 0 saturated carbocycles. The van der Waals surface area contributed by atoms with Crippen LogP contribution >= 0.6 is 0 Å². The molecule has 2 saturated heterocycles. The Morgan fingerprint density at radius 2 is 1.89 bits per heavy atom. The van der Waals surface area contributed by atoms with Crippen molar-refractivity contribution in [1.29, 1.82) is 0 Å². The fourth-order valence-corrected chi connectivity index (χ4v) is 4.53. The number of urea groups is 1. The number of nitrogens with one attached hydrogen (secondary N) is 1. The van der Waals surface area contributed by atoms with E-state index >= 15 is 0 Å². The highest BCUT2D eigenvalue weighted by atomic mass is 19.4. The van der Waals surface area contributed by atoms with Gasteiger partial charge in [0.15, 0.2) is 0 Å². The molecule has 1 aromatic heterocycles. The molecular weight excluding hydrogens is 463 g/mol. The number of amides is 3. The van der Waals surface area contributed by atoms with Crippen LogP contribution in [0.1, 0.15) is 28.9 Å². The van der Waals surface area contributed by atoms with E-state index in [4.69, 9.17) is 10.5 Å². The van der Waals surface area contributed by atoms with Gasteiger partial charge in [0.1, 0.15) is 11.5 Å². The maximum absolute atomic E-state index is 12.7. The first-order valence-electron chi connectivity index (χ1n) is 11.5. The SMILES string of the molecule is Cc1ccc(NC(=O)N2CC[C@@H](CC(F)(F)F)C2)cc1-c1ccc(N2CCOCC2)nc1C(N)=O. The predicted octanol–water partition coefficient (Wildman–Crippen LogP) is 3.80. The number of morpholine rings is 1. The van der Waals surface area contributed by atoms with Gasteiger partial charge in [-0.15, -0.1) is 0 Å². The molecule has 2 fully saturated rings. The molecule has 1 atom stereocenters. The van der Waals surface area contributed by atoms with Crippen molar-refractivity contribution in [2.45, 2.75) is 25.9 Å². The number of nitrogens with two attached hydrogens (primary N) is 1. The highest BCUT2D eigenvalue weighted by molar-refractivity contribution is 5.99. The molecule has 2 aliphatic rings. The van der Waals surface area contributed by atoms with Crippen LogP contribution in [0.4, 0.5) is 29.5 Å². The Morgan fingerprint density at radius 3 is 2.57 bits per heavy atom. The molecule has 188 valence electrons. The number of hydrogen-bond acceptors (Lipinski definition) is 5. The number of pyridine rings is 1. The number of primary amides is 1. The Balaban J connectivity index is 1.53. The summed E-state index contributed by atoms with van der Waals surface area (Å²) in [6.07, 6.45) is -4.82. The summed E-state index contributed by atoms with van der Waals surface area (Å²) in [6, 6.07) is 8.37. The lowest BCUT2D eigenvalue weighted by Crippen LogP contribution is -2.37. The molecule has 0 spiro atoms. The Hall–Kier alpha value is -3.34. The van der Waals surface area contributed by atoms with Crippen molar-refractivity contribution in [2.24, 2.45) is 11.7 Å². The number of aromatic nitrogens is 1. The maximum atomic E-state index is 12.7. The predicted molar refractivity (Wildman–Crippen MR) is 125 cm³/mol. The molecule has 0 aliphatic carbocycles. The smallest absolute Gasteiger partial charge is 0.378 e. The van der Waals surface area contributed by atoms with Crippen LogP contribution in [0.25, 0.3) is 11.1 Å². The summed E-state index contributed by atoms with van der Waals surface area (Å²) < 4.78 is 43.4. The number of carbonyl (C=O) groups excluding carboxylic acids is 2. The number of nitrogens with zero attached hydrogens (tertiary/aromatic N) is 3. The largest absolute Gasteiger partial charge is 0.389 e. The lowest BCUT2D eigenvalue weighted by atomic mass is 9.98. The first-order chi connectivity index (χ1) is 16.6. The van der Waals surface area contributed by atoms with Gasteiger partial charge < -0.3 is 25.6 Å². The van der Waals surface area contributed by atoms with Crippen molar-refractivity contribution >= 4 is 23.4 Å². The molecule has 0 radical (unpaired) electrons. The summed E-state index contributed by atoms with van der Waals surface area (Å²) in [7, 11) is 0. The average Bonchev–Trinajstić information content (AvgIpc) is 3.27. The zero-order chi connectivity index (χ0) is 25.2. The minimum absolute atomic E-state index is 0.0583. The van der Waals surface area contributed by atoms with E-state index < -0.39 is 30.5 Å². The second-order valence-corrected chi connectivity index (χ2v) is 8.91. The van der Waals surface area contributed by atoms with E-state index in [0.29, 0.717) is 55.4 Å². The van der Waals surface area contributed by atoms with Crippen LogP contribution in [0, 0.1) is 12.8 Å². The number of anilines is 2. The quantitative estimate of drug-likeness (QED) is 0.663. The average molecular weight is 492 g/mol. The van der Waals surface area contributed by atoms with Crippen molar-refractivity contribution in [3.63, 3.8) is 0 Å². The summed E-state index contributed by atoms with van der Waals surface area (Å²) in [5.41, 5.74) is 8.30. The van der Waals surface area contributed by atoms with E-state index in [2.05, 4.69) is 10.3 Å². The van der Waals surface area contributed by atoms with Crippen molar-refractivity contribution in [3.8, 4) is 11.1 Å². The highest BCUT2D eigenvalue weighted by Gasteiger charge is 2.36. The third-order valence-corrected chi connectivity index (χ3v) is 6.32. The first kappa shape index (κ1) is 24.8. The Labute approximate surface area is 201 Å². The van der Waals surface area contributed by atoms with Crippen molar-refractivity contribution in [2.75, 3.05) is 49.6 Å². The molecule has 3 amide bonds. The monoisotopic (exact) mass is 491 g/mol. The van der Waals surface area contributed by atoms with Crippen molar-refractivity contribution in [1.82, 2.24) is 9.88 Å². The van der Waals surface area contributed by atoms with Gasteiger partial charge in [0.2, 0.25) is 0 Å². The fourth-order valence-electron chi connectivity index (χ4n) is 4.53. The van der Waals surface area contributed by atoms with Crippen molar-refractivity contribution in [3.05, 3.63) is 41.6 Å². The molecule has 1 aromatic carbocycles. The number of rotatable bonds is 5. The molecule has 11 heteroatoms. The summed E-state index contributed by atoms with van der Waals surface area (Å²) in [4.78, 5) is 32.9. The van der Waals surface area contributed by atoms with Gasteiger partial charge in [-0.1, -0.05) is 6.07 Å². The van der Waals surface area contributed by atoms with Crippen LogP contribution in [0.3, 0.4) is 0 Å². The molecule has 0 bridgehead atoms. The third-order valence-electron chi connectivity index (χ3n) is 6.32. The van der Waals surface area contributed by atoms with Gasteiger partial charge in [-0.2, -0.15) is 13.2 Å². The number of carbonyl (C=O) groups is 2. The Bertz CT molecular complexity index is 1100. The molecule has 0 unspecified atom stereocenters. The zero-order valence-electron chi connectivity index (χ0n) is 19.4. The third kappa shape index (κ3) is 6.02. The summed E-state index contributed by atoms with van der Waals surface area (Å²) >= 11 is 0. The second kappa shape index (κ2) is 10.1. The minimum Gasteiger partial charge on any atom is -0.378 e. The number of hydrogen-bond donors (Lipinski definition) is 2. The van der Waals surface area contributed by atoms with Gasteiger partial charge in [-0.3, -0.25) is 4.79 Å². The van der Waals surface area contributed by atoms with E-state index in [1.54, 1.807) is 24.3 Å². The molecule has 8 nitrogen and oxygen atoms in total. The van der Waals surface area contributed by atoms with Crippen LogP contribution in [0.15, 0.2) is 30.3 Å². The van der Waals surface area contributed by atoms with E-state index in [1.165, 1.54) is 4.90 Å². The van der Waals surface area contributed by atoms with Crippen LogP contribution in [-0.4, -0.2) is 67.4 Å². The number of benzene rings is 1. The van der Waals surface area contributed by atoms with Gasteiger partial charge in [0.05, 0.1) is 13.2 Å². The first-order valence-corrected chi connectivity index (χ1v) is 11.5. The molecule has 3 heterocycles. The minimum atomic E-state index is -4.24. The van der Waals surface area contributed by atoms with Crippen molar-refractivity contribution < 1.29 is 27.5 Å². The van der Waals surface area contributed by atoms with Gasteiger partial charge in [-0.25, -0.2) is 9.78 Å². The van der Waals surface area contributed by atoms with Gasteiger partial charge in [0.25, 0.3) is 5.91 Å². The number of likely N-dealkylation sites (tertiary alicyclic amines) is 1. The summed E-state index contributed by atoms with van der Waals surface area (Å²) in [5.74, 6) is -0.629. The molecule has 4 rings (SSSR count). The topological polar surface area (TPSA) is 101 Å². The number of aryl methyl sites for hydroxylation is 1. The lowest BCUT2D eigenvalue weighted by Gasteiger charge is -2.28. The lowest BCUT2D eigenvalue weighted by molar-refractivity contribution is -0.143. The Morgan fingerprint density at radius 1 is 1.14 bits per heavy atom. The van der Waals surface area contributed by atoms with E-state index in [1.807, 2.05) is 17.9 Å². The number of halogens is 3. The van der Waals surface area contributed by atoms with E-state index in [-0.39, 0.29) is 18.8 Å². The molecule has 2 aliphatic heterocycles. The van der Waals surface area contributed by atoms with E-state index in [9.17, 15) is 22.8 Å². The van der Waals surface area contributed by atoms with Gasteiger partial charge in [-0.05, 0) is 54.7 Å². The summed E-state index contributed by atoms with van der Waals surface area (Å²) in [6.45, 7) is 4.65. The van der Waals surface area contributed by atoms with Gasteiger partial charge >= 0.3 is 12.2 Å². The second-order valence-electron chi connectivity index (χ2n) is 8.91. The number of ether oxygens (including phenoxy) is 1. The molecule has 35 heavy (non-hydrogen) atoms. The fraction of sp³-hybridized carbons (Fsp3) is 0.458.